The third kappa shape index (κ3) is 4.23. The van der Waals surface area contributed by atoms with Crippen molar-refractivity contribution in [2.24, 2.45) is 0 Å². The Morgan fingerprint density at radius 1 is 1.29 bits per heavy atom. The van der Waals surface area contributed by atoms with Crippen molar-refractivity contribution in [3.63, 3.8) is 0 Å². The molecule has 110 valence electrons. The molecule has 0 spiro atoms. The number of nitrogens with one attached hydrogen (secondary N) is 1. The van der Waals surface area contributed by atoms with E-state index < -0.39 is 12.0 Å². The van der Waals surface area contributed by atoms with E-state index in [1.54, 1.807) is 18.2 Å². The van der Waals surface area contributed by atoms with Crippen molar-refractivity contribution >= 4 is 27.6 Å². The van der Waals surface area contributed by atoms with Crippen LogP contribution in [0.5, 0.6) is 5.75 Å². The van der Waals surface area contributed by atoms with Crippen molar-refractivity contribution in [2.75, 3.05) is 11.9 Å². The van der Waals surface area contributed by atoms with E-state index in [4.69, 9.17) is 4.74 Å². The molecule has 1 unspecified atom stereocenters. The van der Waals surface area contributed by atoms with Crippen LogP contribution in [0.15, 0.2) is 53.0 Å². The molecule has 0 amide bonds. The lowest BCUT2D eigenvalue weighted by molar-refractivity contribution is -0.138. The summed E-state index contributed by atoms with van der Waals surface area (Å²) in [6, 6.07) is 13.7. The highest BCUT2D eigenvalue weighted by atomic mass is 79.9. The van der Waals surface area contributed by atoms with Crippen LogP contribution in [0.3, 0.4) is 0 Å². The highest BCUT2D eigenvalue weighted by Crippen LogP contribution is 2.25. The molecule has 0 heterocycles. The van der Waals surface area contributed by atoms with Gasteiger partial charge in [-0.15, -0.1) is 0 Å². The topological polar surface area (TPSA) is 58.6 Å². The Bertz CT molecular complexity index is 630. The lowest BCUT2D eigenvalue weighted by Gasteiger charge is -2.17. The molecule has 0 bridgehead atoms. The summed E-state index contributed by atoms with van der Waals surface area (Å²) >= 11 is 3.37. The van der Waals surface area contributed by atoms with Crippen molar-refractivity contribution in [3.05, 3.63) is 58.6 Å². The Kier molecular flexibility index (Phi) is 5.22. The lowest BCUT2D eigenvalue weighted by Crippen LogP contribution is -2.20. The van der Waals surface area contributed by atoms with Crippen molar-refractivity contribution < 1.29 is 14.6 Å². The number of carboxylic acid groups (broad SMARTS) is 1. The minimum absolute atomic E-state index is 0.542. The Morgan fingerprint density at radius 3 is 2.71 bits per heavy atom. The minimum atomic E-state index is -0.941. The number of anilines is 1. The monoisotopic (exact) mass is 349 g/mol. The Balaban J connectivity index is 2.26. The van der Waals surface area contributed by atoms with E-state index >= 15 is 0 Å². The molecule has 0 saturated heterocycles. The van der Waals surface area contributed by atoms with E-state index in [-0.39, 0.29) is 0 Å². The van der Waals surface area contributed by atoms with Gasteiger partial charge in [0, 0.05) is 10.2 Å². The van der Waals surface area contributed by atoms with Crippen LogP contribution < -0.4 is 10.1 Å². The fraction of sp³-hybridized carbons (Fsp3) is 0.188. The zero-order chi connectivity index (χ0) is 15.2. The number of rotatable bonds is 6. The van der Waals surface area contributed by atoms with E-state index in [1.165, 1.54) is 0 Å². The summed E-state index contributed by atoms with van der Waals surface area (Å²) in [5.41, 5.74) is 1.38. The first-order valence-electron chi connectivity index (χ1n) is 6.58. The molecule has 1 atom stereocenters. The van der Waals surface area contributed by atoms with E-state index in [0.29, 0.717) is 17.9 Å². The summed E-state index contributed by atoms with van der Waals surface area (Å²) in [4.78, 5) is 11.5. The highest BCUT2D eigenvalue weighted by molar-refractivity contribution is 9.10. The van der Waals surface area contributed by atoms with Crippen LogP contribution in [-0.2, 0) is 4.79 Å². The average Bonchev–Trinajstić information content (AvgIpc) is 2.45. The summed E-state index contributed by atoms with van der Waals surface area (Å²) in [5, 5.41) is 12.5. The maximum Gasteiger partial charge on any atom is 0.330 e. The standard InChI is InChI=1S/C16H16BrNO3/c1-2-21-14-8-3-5-11(9-14)15(16(19)20)18-13-7-4-6-12(17)10-13/h3-10,15,18H,2H2,1H3,(H,19,20). The first-order chi connectivity index (χ1) is 10.1. The molecule has 2 rings (SSSR count). The molecule has 21 heavy (non-hydrogen) atoms. The average molecular weight is 350 g/mol. The number of benzene rings is 2. The summed E-state index contributed by atoms with van der Waals surface area (Å²) < 4.78 is 6.31. The van der Waals surface area contributed by atoms with Crippen molar-refractivity contribution in [1.82, 2.24) is 0 Å². The molecule has 0 fully saturated rings. The van der Waals surface area contributed by atoms with Gasteiger partial charge in [-0.2, -0.15) is 0 Å². The number of halogens is 1. The zero-order valence-corrected chi connectivity index (χ0v) is 13.1. The van der Waals surface area contributed by atoms with Gasteiger partial charge in [-0.1, -0.05) is 34.1 Å². The molecule has 0 aliphatic carbocycles. The van der Waals surface area contributed by atoms with Crippen LogP contribution in [0.2, 0.25) is 0 Å². The number of ether oxygens (including phenoxy) is 1. The molecule has 2 aromatic carbocycles. The van der Waals surface area contributed by atoms with Gasteiger partial charge in [0.15, 0.2) is 6.04 Å². The van der Waals surface area contributed by atoms with Gasteiger partial charge >= 0.3 is 5.97 Å². The van der Waals surface area contributed by atoms with Crippen LogP contribution in [0.4, 0.5) is 5.69 Å². The van der Waals surface area contributed by atoms with Gasteiger partial charge in [-0.05, 0) is 42.8 Å². The second-order valence-electron chi connectivity index (χ2n) is 4.43. The maximum atomic E-state index is 11.5. The molecule has 4 nitrogen and oxygen atoms in total. The molecule has 5 heteroatoms. The Hall–Kier alpha value is -2.01. The lowest BCUT2D eigenvalue weighted by atomic mass is 10.1. The number of carboxylic acids is 1. The van der Waals surface area contributed by atoms with Gasteiger partial charge < -0.3 is 15.2 Å². The van der Waals surface area contributed by atoms with E-state index in [9.17, 15) is 9.90 Å². The molecule has 0 aliphatic rings. The van der Waals surface area contributed by atoms with Gasteiger partial charge in [0.25, 0.3) is 0 Å². The van der Waals surface area contributed by atoms with Gasteiger partial charge in [-0.3, -0.25) is 0 Å². The Labute approximate surface area is 131 Å². The summed E-state index contributed by atoms with van der Waals surface area (Å²) in [6.45, 7) is 2.43. The second-order valence-corrected chi connectivity index (χ2v) is 5.35. The molecular weight excluding hydrogens is 334 g/mol. The van der Waals surface area contributed by atoms with E-state index in [2.05, 4.69) is 21.2 Å². The quantitative estimate of drug-likeness (QED) is 0.824. The summed E-state index contributed by atoms with van der Waals surface area (Å²) in [5.74, 6) is -0.277. The maximum absolute atomic E-state index is 11.5. The largest absolute Gasteiger partial charge is 0.494 e. The SMILES string of the molecule is CCOc1cccc(C(Nc2cccc(Br)c2)C(=O)O)c1. The molecule has 0 aromatic heterocycles. The summed E-state index contributed by atoms with van der Waals surface area (Å²) in [7, 11) is 0. The Morgan fingerprint density at radius 2 is 2.05 bits per heavy atom. The first-order valence-corrected chi connectivity index (χ1v) is 7.37. The van der Waals surface area contributed by atoms with Crippen LogP contribution in [0, 0.1) is 0 Å². The van der Waals surface area contributed by atoms with Crippen LogP contribution in [0.25, 0.3) is 0 Å². The molecule has 2 aromatic rings. The predicted molar refractivity (Wildman–Crippen MR) is 85.8 cm³/mol. The number of aliphatic carboxylic acids is 1. The summed E-state index contributed by atoms with van der Waals surface area (Å²) in [6.07, 6.45) is 0. The van der Waals surface area contributed by atoms with Crippen molar-refractivity contribution in [1.29, 1.82) is 0 Å². The van der Waals surface area contributed by atoms with Gasteiger partial charge in [0.2, 0.25) is 0 Å². The molecular formula is C16H16BrNO3. The highest BCUT2D eigenvalue weighted by Gasteiger charge is 2.20. The normalized spacial score (nSPS) is 11.7. The van der Waals surface area contributed by atoms with Crippen LogP contribution in [0.1, 0.15) is 18.5 Å². The van der Waals surface area contributed by atoms with Crippen LogP contribution >= 0.6 is 15.9 Å². The predicted octanol–water partition coefficient (Wildman–Crippen LogP) is 4.09. The van der Waals surface area contributed by atoms with E-state index in [0.717, 1.165) is 10.2 Å². The molecule has 0 saturated carbocycles. The molecule has 0 radical (unpaired) electrons. The second kappa shape index (κ2) is 7.13. The van der Waals surface area contributed by atoms with Crippen LogP contribution in [-0.4, -0.2) is 17.7 Å². The third-order valence-corrected chi connectivity index (χ3v) is 3.38. The first kappa shape index (κ1) is 15.4. The fourth-order valence-electron chi connectivity index (χ4n) is 1.98. The number of carbonyl (C=O) groups is 1. The molecule has 0 aliphatic heterocycles. The van der Waals surface area contributed by atoms with Gasteiger partial charge in [0.1, 0.15) is 5.75 Å². The number of hydrogen-bond acceptors (Lipinski definition) is 3. The number of hydrogen-bond donors (Lipinski definition) is 2. The van der Waals surface area contributed by atoms with E-state index in [1.807, 2.05) is 37.3 Å². The zero-order valence-electron chi connectivity index (χ0n) is 11.5. The minimum Gasteiger partial charge on any atom is -0.494 e. The smallest absolute Gasteiger partial charge is 0.330 e. The molecule has 2 N–H and O–H groups in total. The van der Waals surface area contributed by atoms with Crippen molar-refractivity contribution in [2.45, 2.75) is 13.0 Å². The van der Waals surface area contributed by atoms with Gasteiger partial charge in [-0.25, -0.2) is 4.79 Å². The fourth-order valence-corrected chi connectivity index (χ4v) is 2.38. The van der Waals surface area contributed by atoms with Gasteiger partial charge in [0.05, 0.1) is 6.61 Å². The van der Waals surface area contributed by atoms with Crippen molar-refractivity contribution in [3.8, 4) is 5.75 Å². The third-order valence-electron chi connectivity index (χ3n) is 2.89.